The van der Waals surface area contributed by atoms with Crippen molar-refractivity contribution in [3.8, 4) is 0 Å². The number of aromatic nitrogens is 2. The Morgan fingerprint density at radius 2 is 2.14 bits per heavy atom. The minimum Gasteiger partial charge on any atom is -0.355 e. The van der Waals surface area contributed by atoms with Crippen LogP contribution < -0.4 is 5.32 Å². The Kier molecular flexibility index (Phi) is 2.92. The fraction of sp³-hybridized carbons (Fsp3) is 0.765. The first-order valence-electron chi connectivity index (χ1n) is 8.34. The summed E-state index contributed by atoms with van der Waals surface area (Å²) >= 11 is 0. The Bertz CT molecular complexity index is 522. The predicted octanol–water partition coefficient (Wildman–Crippen LogP) is 2.67. The average molecular weight is 287 g/mol. The number of hydrogen-bond acceptors (Lipinski definition) is 2. The lowest BCUT2D eigenvalue weighted by atomic mass is 9.44. The number of H-pyrrole nitrogens is 1. The van der Waals surface area contributed by atoms with Gasteiger partial charge in [-0.25, -0.2) is 4.98 Å². The van der Waals surface area contributed by atoms with Crippen molar-refractivity contribution in [3.05, 3.63) is 18.2 Å². The zero-order valence-corrected chi connectivity index (χ0v) is 12.8. The Morgan fingerprint density at radius 1 is 1.38 bits per heavy atom. The van der Waals surface area contributed by atoms with Crippen molar-refractivity contribution in [1.82, 2.24) is 15.3 Å². The molecule has 114 valence electrons. The van der Waals surface area contributed by atoms with Gasteiger partial charge in [-0.3, -0.25) is 4.79 Å². The number of hydrogen-bond donors (Lipinski definition) is 2. The van der Waals surface area contributed by atoms with Crippen molar-refractivity contribution >= 4 is 5.91 Å². The van der Waals surface area contributed by atoms with Gasteiger partial charge in [-0.1, -0.05) is 6.92 Å². The van der Waals surface area contributed by atoms with Gasteiger partial charge in [0.05, 0.1) is 5.41 Å². The molecule has 4 heteroatoms. The van der Waals surface area contributed by atoms with Gasteiger partial charge in [-0.15, -0.1) is 0 Å². The predicted molar refractivity (Wildman–Crippen MR) is 80.5 cm³/mol. The van der Waals surface area contributed by atoms with E-state index < -0.39 is 0 Å². The van der Waals surface area contributed by atoms with Gasteiger partial charge in [0.15, 0.2) is 0 Å². The van der Waals surface area contributed by atoms with Gasteiger partial charge in [0, 0.05) is 25.4 Å². The van der Waals surface area contributed by atoms with Crippen LogP contribution in [0.2, 0.25) is 0 Å². The third-order valence-corrected chi connectivity index (χ3v) is 6.04. The number of carbonyl (C=O) groups is 1. The molecular weight excluding hydrogens is 262 g/mol. The SMILES string of the molecule is CC12CC3CC(C1)CC(C(=O)NCCc1ncc[nH]1)(C3)C2. The first-order chi connectivity index (χ1) is 10.1. The summed E-state index contributed by atoms with van der Waals surface area (Å²) in [5.74, 6) is 2.86. The summed E-state index contributed by atoms with van der Waals surface area (Å²) in [4.78, 5) is 20.1. The number of nitrogens with one attached hydrogen (secondary N) is 2. The molecule has 2 unspecified atom stereocenters. The van der Waals surface area contributed by atoms with Gasteiger partial charge >= 0.3 is 0 Å². The normalized spacial score (nSPS) is 40.4. The third kappa shape index (κ3) is 2.29. The molecule has 1 aromatic heterocycles. The van der Waals surface area contributed by atoms with Gasteiger partial charge in [0.1, 0.15) is 5.82 Å². The van der Waals surface area contributed by atoms with Gasteiger partial charge in [-0.2, -0.15) is 0 Å². The van der Waals surface area contributed by atoms with E-state index in [9.17, 15) is 4.79 Å². The van der Waals surface area contributed by atoms with Crippen LogP contribution in [0.5, 0.6) is 0 Å². The van der Waals surface area contributed by atoms with Crippen molar-refractivity contribution in [1.29, 1.82) is 0 Å². The third-order valence-electron chi connectivity index (χ3n) is 6.04. The van der Waals surface area contributed by atoms with E-state index in [1.165, 1.54) is 19.3 Å². The topological polar surface area (TPSA) is 57.8 Å². The number of nitrogens with zero attached hydrogens (tertiary/aromatic N) is 1. The highest BCUT2D eigenvalue weighted by Crippen LogP contribution is 2.65. The minimum atomic E-state index is -0.0536. The highest BCUT2D eigenvalue weighted by molar-refractivity contribution is 5.83. The van der Waals surface area contributed by atoms with E-state index in [1.54, 1.807) is 6.20 Å². The number of amides is 1. The van der Waals surface area contributed by atoms with Crippen LogP contribution in [0, 0.1) is 22.7 Å². The lowest BCUT2D eigenvalue weighted by Gasteiger charge is -2.60. The molecule has 2 N–H and O–H groups in total. The van der Waals surface area contributed by atoms with Crippen LogP contribution in [0.4, 0.5) is 0 Å². The highest BCUT2D eigenvalue weighted by Gasteiger charge is 2.58. The molecule has 0 radical (unpaired) electrons. The fourth-order valence-electron chi connectivity index (χ4n) is 5.90. The fourth-order valence-corrected chi connectivity index (χ4v) is 5.90. The summed E-state index contributed by atoms with van der Waals surface area (Å²) in [6.45, 7) is 3.11. The smallest absolute Gasteiger partial charge is 0.226 e. The first-order valence-corrected chi connectivity index (χ1v) is 8.34. The Hall–Kier alpha value is -1.32. The summed E-state index contributed by atoms with van der Waals surface area (Å²) in [7, 11) is 0. The first kappa shape index (κ1) is 13.4. The zero-order chi connectivity index (χ0) is 14.5. The monoisotopic (exact) mass is 287 g/mol. The Labute approximate surface area is 126 Å². The molecule has 4 saturated carbocycles. The van der Waals surface area contributed by atoms with Crippen LogP contribution in [-0.4, -0.2) is 22.4 Å². The van der Waals surface area contributed by atoms with Crippen molar-refractivity contribution in [2.45, 2.75) is 51.9 Å². The van der Waals surface area contributed by atoms with E-state index in [2.05, 4.69) is 22.2 Å². The van der Waals surface area contributed by atoms with Gasteiger partial charge in [0.2, 0.25) is 5.91 Å². The number of carbonyl (C=O) groups excluding carboxylic acids is 1. The standard InChI is InChI=1S/C17H25N3O/c1-16-7-12-6-13(8-16)10-17(9-12,11-16)15(21)20-3-2-14-18-4-5-19-14/h4-5,12-13H,2-3,6-11H2,1H3,(H,18,19)(H,20,21). The van der Waals surface area contributed by atoms with E-state index in [0.29, 0.717) is 17.9 Å². The quantitative estimate of drug-likeness (QED) is 0.894. The molecular formula is C17H25N3O. The van der Waals surface area contributed by atoms with Crippen molar-refractivity contribution < 1.29 is 4.79 Å². The molecule has 21 heavy (non-hydrogen) atoms. The van der Waals surface area contributed by atoms with E-state index in [0.717, 1.165) is 43.3 Å². The lowest BCUT2D eigenvalue weighted by molar-refractivity contribution is -0.155. The number of aromatic amines is 1. The molecule has 0 saturated heterocycles. The summed E-state index contributed by atoms with van der Waals surface area (Å²) < 4.78 is 0. The number of imidazole rings is 1. The summed E-state index contributed by atoms with van der Waals surface area (Å²) in [5.41, 5.74) is 0.379. The van der Waals surface area contributed by atoms with Crippen LogP contribution in [-0.2, 0) is 11.2 Å². The summed E-state index contributed by atoms with van der Waals surface area (Å²) in [5, 5.41) is 3.20. The van der Waals surface area contributed by atoms with Crippen LogP contribution in [0.1, 0.15) is 51.3 Å². The Balaban J connectivity index is 1.42. The molecule has 4 fully saturated rings. The van der Waals surface area contributed by atoms with E-state index in [-0.39, 0.29) is 5.41 Å². The molecule has 5 rings (SSSR count). The van der Waals surface area contributed by atoms with E-state index in [4.69, 9.17) is 0 Å². The molecule has 1 amide bonds. The van der Waals surface area contributed by atoms with Crippen LogP contribution in [0.15, 0.2) is 12.4 Å². The minimum absolute atomic E-state index is 0.0536. The van der Waals surface area contributed by atoms with E-state index >= 15 is 0 Å². The lowest BCUT2D eigenvalue weighted by Crippen LogP contribution is -2.56. The largest absolute Gasteiger partial charge is 0.355 e. The summed E-state index contributed by atoms with van der Waals surface area (Å²) in [6, 6.07) is 0. The van der Waals surface area contributed by atoms with Crippen LogP contribution in [0.25, 0.3) is 0 Å². The molecule has 0 aromatic carbocycles. The second-order valence-electron chi connectivity index (χ2n) is 8.09. The maximum Gasteiger partial charge on any atom is 0.226 e. The molecule has 1 aromatic rings. The van der Waals surface area contributed by atoms with Crippen molar-refractivity contribution in [3.63, 3.8) is 0 Å². The van der Waals surface area contributed by atoms with Crippen LogP contribution in [0.3, 0.4) is 0 Å². The average Bonchev–Trinajstić information content (AvgIpc) is 2.88. The molecule has 4 bridgehead atoms. The summed E-state index contributed by atoms with van der Waals surface area (Å²) in [6.07, 6.45) is 11.8. The van der Waals surface area contributed by atoms with Gasteiger partial charge in [0.25, 0.3) is 0 Å². The molecule has 4 aliphatic rings. The van der Waals surface area contributed by atoms with E-state index in [1.807, 2.05) is 6.20 Å². The van der Waals surface area contributed by atoms with Crippen LogP contribution >= 0.6 is 0 Å². The second kappa shape index (κ2) is 4.59. The Morgan fingerprint density at radius 3 is 2.76 bits per heavy atom. The zero-order valence-electron chi connectivity index (χ0n) is 12.8. The maximum absolute atomic E-state index is 12.8. The second-order valence-corrected chi connectivity index (χ2v) is 8.09. The molecule has 1 heterocycles. The molecule has 0 aliphatic heterocycles. The number of rotatable bonds is 4. The molecule has 2 atom stereocenters. The molecule has 0 spiro atoms. The van der Waals surface area contributed by atoms with Gasteiger partial charge in [-0.05, 0) is 55.8 Å². The molecule has 4 aliphatic carbocycles. The van der Waals surface area contributed by atoms with Gasteiger partial charge < -0.3 is 10.3 Å². The highest BCUT2D eigenvalue weighted by atomic mass is 16.2. The van der Waals surface area contributed by atoms with Crippen molar-refractivity contribution in [2.24, 2.45) is 22.7 Å². The van der Waals surface area contributed by atoms with Crippen molar-refractivity contribution in [2.75, 3.05) is 6.54 Å². The maximum atomic E-state index is 12.8. The molecule has 4 nitrogen and oxygen atoms in total.